The van der Waals surface area contributed by atoms with Gasteiger partial charge in [-0.3, -0.25) is 9.69 Å². The van der Waals surface area contributed by atoms with Gasteiger partial charge < -0.3 is 4.74 Å². The number of amides is 1. The second-order valence-electron chi connectivity index (χ2n) is 7.88. The zero-order valence-electron chi connectivity index (χ0n) is 19.0. The van der Waals surface area contributed by atoms with Crippen molar-refractivity contribution < 1.29 is 13.9 Å². The molecule has 5 rings (SSSR count). The van der Waals surface area contributed by atoms with Gasteiger partial charge >= 0.3 is 0 Å². The van der Waals surface area contributed by atoms with Gasteiger partial charge in [0.1, 0.15) is 18.2 Å². The second-order valence-corrected chi connectivity index (χ2v) is 9.80. The molecule has 4 aromatic carbocycles. The summed E-state index contributed by atoms with van der Waals surface area (Å²) in [5.74, 6) is 0.0410. The van der Waals surface area contributed by atoms with Crippen molar-refractivity contribution in [1.82, 2.24) is 0 Å². The molecule has 1 aliphatic rings. The number of hydrogen-bond donors (Lipinski definition) is 0. The van der Waals surface area contributed by atoms with Crippen molar-refractivity contribution in [3.05, 3.63) is 129 Å². The number of carbonyl (C=O) groups excluding carboxylic acids is 1. The van der Waals surface area contributed by atoms with Crippen LogP contribution in [0.4, 0.5) is 15.8 Å². The third-order valence-corrected chi connectivity index (χ3v) is 6.86. The van der Waals surface area contributed by atoms with Gasteiger partial charge in [-0.15, -0.1) is 0 Å². The molecule has 0 atom stereocenters. The molecule has 36 heavy (non-hydrogen) atoms. The van der Waals surface area contributed by atoms with E-state index < -0.39 is 0 Å². The lowest BCUT2D eigenvalue weighted by Crippen LogP contribution is -2.28. The van der Waals surface area contributed by atoms with E-state index in [1.54, 1.807) is 35.2 Å². The van der Waals surface area contributed by atoms with Gasteiger partial charge in [0.05, 0.1) is 16.3 Å². The Morgan fingerprint density at radius 2 is 1.61 bits per heavy atom. The van der Waals surface area contributed by atoms with Crippen LogP contribution in [0.3, 0.4) is 0 Å². The number of nitrogens with zero attached hydrogens (tertiary/aromatic N) is 2. The van der Waals surface area contributed by atoms with Crippen molar-refractivity contribution in [1.29, 1.82) is 0 Å². The zero-order valence-corrected chi connectivity index (χ0v) is 21.4. The van der Waals surface area contributed by atoms with Crippen LogP contribution in [0.2, 0.25) is 0 Å². The number of thioether (sulfide) groups is 1. The Bertz CT molecular complexity index is 1460. The van der Waals surface area contributed by atoms with Crippen LogP contribution in [0.1, 0.15) is 11.1 Å². The fourth-order valence-electron chi connectivity index (χ4n) is 3.64. The standard InChI is InChI=1S/C29H20BrFN2O2S/c30-22-15-16-26(35-19-20-9-7-8-14-25(20)31)21(17-22)18-27-28(34)33(24-12-5-2-6-13-24)29(36-27)32-23-10-3-1-4-11-23/h1-18H,19H2/b27-18+,32-29?. The van der Waals surface area contributed by atoms with E-state index in [9.17, 15) is 9.18 Å². The molecule has 0 aromatic heterocycles. The maximum Gasteiger partial charge on any atom is 0.271 e. The van der Waals surface area contributed by atoms with Gasteiger partial charge in [0.25, 0.3) is 5.91 Å². The van der Waals surface area contributed by atoms with Gasteiger partial charge in [-0.25, -0.2) is 9.38 Å². The first-order valence-electron chi connectivity index (χ1n) is 11.2. The Hall–Kier alpha value is -3.68. The first-order valence-corrected chi connectivity index (χ1v) is 12.8. The molecule has 0 saturated carbocycles. The third-order valence-electron chi connectivity index (χ3n) is 5.40. The summed E-state index contributed by atoms with van der Waals surface area (Å²) in [6, 6.07) is 31.0. The summed E-state index contributed by atoms with van der Waals surface area (Å²) >= 11 is 4.80. The van der Waals surface area contributed by atoms with Crippen LogP contribution in [0.25, 0.3) is 6.08 Å². The first-order chi connectivity index (χ1) is 17.6. The van der Waals surface area contributed by atoms with Crippen LogP contribution in [0.15, 0.2) is 117 Å². The molecule has 0 radical (unpaired) electrons. The van der Waals surface area contributed by atoms with Crippen LogP contribution in [-0.2, 0) is 11.4 Å². The summed E-state index contributed by atoms with van der Waals surface area (Å²) in [4.78, 5) is 20.4. The van der Waals surface area contributed by atoms with Crippen LogP contribution < -0.4 is 9.64 Å². The monoisotopic (exact) mass is 558 g/mol. The van der Waals surface area contributed by atoms with E-state index in [2.05, 4.69) is 15.9 Å². The topological polar surface area (TPSA) is 41.9 Å². The SMILES string of the molecule is O=C1/C(=C\c2cc(Br)ccc2OCc2ccccc2F)SC(=Nc2ccccc2)N1c1ccccc1. The van der Waals surface area contributed by atoms with Crippen LogP contribution in [-0.4, -0.2) is 11.1 Å². The predicted octanol–water partition coefficient (Wildman–Crippen LogP) is 7.98. The quantitative estimate of drug-likeness (QED) is 0.225. The maximum absolute atomic E-state index is 14.1. The normalized spacial score (nSPS) is 15.6. The number of benzene rings is 4. The van der Waals surface area contributed by atoms with E-state index >= 15 is 0 Å². The van der Waals surface area contributed by atoms with E-state index in [0.717, 1.165) is 15.8 Å². The molecule has 1 amide bonds. The Balaban J connectivity index is 1.50. The number of rotatable bonds is 6. The molecule has 1 saturated heterocycles. The average Bonchev–Trinajstić information content (AvgIpc) is 3.19. The molecule has 1 aliphatic heterocycles. The van der Waals surface area contributed by atoms with E-state index in [-0.39, 0.29) is 18.3 Å². The highest BCUT2D eigenvalue weighted by molar-refractivity contribution is 9.10. The molecule has 4 nitrogen and oxygen atoms in total. The molecule has 0 bridgehead atoms. The number of anilines is 1. The highest BCUT2D eigenvalue weighted by Gasteiger charge is 2.35. The lowest BCUT2D eigenvalue weighted by Gasteiger charge is -2.15. The number of amidine groups is 1. The van der Waals surface area contributed by atoms with Crippen molar-refractivity contribution in [3.63, 3.8) is 0 Å². The third kappa shape index (κ3) is 5.42. The van der Waals surface area contributed by atoms with Crippen molar-refractivity contribution in [3.8, 4) is 5.75 Å². The number of ether oxygens (including phenoxy) is 1. The molecule has 7 heteroatoms. The summed E-state index contributed by atoms with van der Waals surface area (Å²) in [7, 11) is 0. The lowest BCUT2D eigenvalue weighted by atomic mass is 10.1. The maximum atomic E-state index is 14.1. The number of aliphatic imine (C=N–C) groups is 1. The molecule has 0 spiro atoms. The van der Waals surface area contributed by atoms with E-state index in [1.807, 2.05) is 72.8 Å². The molecular weight excluding hydrogens is 539 g/mol. The molecule has 0 unspecified atom stereocenters. The van der Waals surface area contributed by atoms with Crippen molar-refractivity contribution in [2.75, 3.05) is 4.90 Å². The fourth-order valence-corrected chi connectivity index (χ4v) is 5.01. The van der Waals surface area contributed by atoms with Crippen LogP contribution >= 0.6 is 27.7 Å². The summed E-state index contributed by atoms with van der Waals surface area (Å²) < 4.78 is 20.9. The fraction of sp³-hybridized carbons (Fsp3) is 0.0345. The van der Waals surface area contributed by atoms with Crippen molar-refractivity contribution >= 4 is 56.2 Å². The summed E-state index contributed by atoms with van der Waals surface area (Å²) in [5, 5.41) is 0.562. The van der Waals surface area contributed by atoms with Gasteiger partial charge in [-0.1, -0.05) is 70.5 Å². The highest BCUT2D eigenvalue weighted by Crippen LogP contribution is 2.38. The van der Waals surface area contributed by atoms with Gasteiger partial charge in [-0.2, -0.15) is 0 Å². The smallest absolute Gasteiger partial charge is 0.271 e. The van der Waals surface area contributed by atoms with E-state index in [4.69, 9.17) is 9.73 Å². The first kappa shape index (κ1) is 24.0. The Morgan fingerprint density at radius 3 is 2.36 bits per heavy atom. The van der Waals surface area contributed by atoms with E-state index in [0.29, 0.717) is 26.9 Å². The number of hydrogen-bond acceptors (Lipinski definition) is 4. The molecule has 178 valence electrons. The summed E-state index contributed by atoms with van der Waals surface area (Å²) in [6.45, 7) is 0.0718. The Labute approximate surface area is 221 Å². The minimum absolute atomic E-state index is 0.0718. The lowest BCUT2D eigenvalue weighted by molar-refractivity contribution is -0.113. The second kappa shape index (κ2) is 10.9. The van der Waals surface area contributed by atoms with Gasteiger partial charge in [0, 0.05) is 15.6 Å². The molecule has 0 N–H and O–H groups in total. The molecular formula is C29H20BrFN2O2S. The van der Waals surface area contributed by atoms with Gasteiger partial charge in [-0.05, 0) is 66.4 Å². The minimum atomic E-state index is -0.323. The predicted molar refractivity (Wildman–Crippen MR) is 148 cm³/mol. The van der Waals surface area contributed by atoms with E-state index in [1.165, 1.54) is 17.8 Å². The summed E-state index contributed by atoms with van der Waals surface area (Å²) in [5.41, 5.74) is 2.65. The zero-order chi connectivity index (χ0) is 24.9. The van der Waals surface area contributed by atoms with Gasteiger partial charge in [0.15, 0.2) is 5.17 Å². The number of para-hydroxylation sites is 2. The molecule has 1 fully saturated rings. The van der Waals surface area contributed by atoms with Crippen LogP contribution in [0, 0.1) is 5.82 Å². The molecule has 1 heterocycles. The largest absolute Gasteiger partial charge is 0.488 e. The summed E-state index contributed by atoms with van der Waals surface area (Å²) in [6.07, 6.45) is 1.79. The number of carbonyl (C=O) groups is 1. The van der Waals surface area contributed by atoms with Gasteiger partial charge in [0.2, 0.25) is 0 Å². The number of halogens is 2. The van der Waals surface area contributed by atoms with Crippen LogP contribution in [0.5, 0.6) is 5.75 Å². The molecule has 4 aromatic rings. The Morgan fingerprint density at radius 1 is 0.917 bits per heavy atom. The molecule has 0 aliphatic carbocycles. The van der Waals surface area contributed by atoms with Crippen molar-refractivity contribution in [2.24, 2.45) is 4.99 Å². The van der Waals surface area contributed by atoms with Crippen molar-refractivity contribution in [2.45, 2.75) is 6.61 Å². The Kier molecular flexibility index (Phi) is 7.30. The average molecular weight is 559 g/mol. The highest BCUT2D eigenvalue weighted by atomic mass is 79.9. The minimum Gasteiger partial charge on any atom is -0.488 e.